The minimum absolute atomic E-state index is 0.0453. The Morgan fingerprint density at radius 2 is 0.966 bits per heavy atom. The van der Waals surface area contributed by atoms with Gasteiger partial charge in [0.1, 0.15) is 19.8 Å². The highest BCUT2D eigenvalue weighted by Gasteiger charge is 2.21. The molecule has 9 nitrogen and oxygen atoms in total. The van der Waals surface area contributed by atoms with Crippen LogP contribution in [0.1, 0.15) is 162 Å². The van der Waals surface area contributed by atoms with Crippen molar-refractivity contribution in [2.75, 3.05) is 47.5 Å². The Bertz CT molecular complexity index is 1280. The zero-order chi connectivity index (χ0) is 43.6. The van der Waals surface area contributed by atoms with E-state index in [0.29, 0.717) is 23.9 Å². The summed E-state index contributed by atoms with van der Waals surface area (Å²) in [4.78, 5) is 37.5. The first kappa shape index (κ1) is 56.2. The third kappa shape index (κ3) is 44.6. The van der Waals surface area contributed by atoms with Crippen molar-refractivity contribution in [2.24, 2.45) is 0 Å². The number of hydrogen-bond donors (Lipinski definition) is 0. The quantitative estimate of drug-likeness (QED) is 0.0197. The monoisotopic (exact) mass is 846 g/mol. The van der Waals surface area contributed by atoms with Gasteiger partial charge < -0.3 is 27.9 Å². The predicted octanol–water partition coefficient (Wildman–Crippen LogP) is 12.6. The van der Waals surface area contributed by atoms with E-state index >= 15 is 0 Å². The van der Waals surface area contributed by atoms with Crippen LogP contribution in [0.4, 0.5) is 0 Å². The second-order valence-corrected chi connectivity index (χ2v) is 17.4. The van der Waals surface area contributed by atoms with Gasteiger partial charge in [0.2, 0.25) is 0 Å². The summed E-state index contributed by atoms with van der Waals surface area (Å²) in [5, 5.41) is 0. The summed E-state index contributed by atoms with van der Waals surface area (Å²) in [7, 11) is 1.12. The number of carbonyl (C=O) groups excluding carboxylic acids is 2. The van der Waals surface area contributed by atoms with E-state index in [4.69, 9.17) is 18.5 Å². The van der Waals surface area contributed by atoms with E-state index in [9.17, 15) is 19.0 Å². The summed E-state index contributed by atoms with van der Waals surface area (Å²) in [5.41, 5.74) is 0. The highest BCUT2D eigenvalue weighted by atomic mass is 31.2. The van der Waals surface area contributed by atoms with Gasteiger partial charge in [0.15, 0.2) is 6.10 Å². The molecule has 0 aliphatic rings. The molecule has 0 spiro atoms. The van der Waals surface area contributed by atoms with Crippen molar-refractivity contribution < 1.29 is 42.1 Å². The minimum Gasteiger partial charge on any atom is -0.756 e. The van der Waals surface area contributed by atoms with Crippen molar-refractivity contribution in [3.8, 4) is 0 Å². The third-order valence-corrected chi connectivity index (χ3v) is 10.1. The molecule has 0 aromatic heterocycles. The van der Waals surface area contributed by atoms with Crippen LogP contribution < -0.4 is 4.89 Å². The van der Waals surface area contributed by atoms with Crippen LogP contribution in [-0.4, -0.2) is 70.0 Å². The van der Waals surface area contributed by atoms with Crippen LogP contribution in [0.2, 0.25) is 0 Å². The molecule has 2 atom stereocenters. The molecule has 0 saturated carbocycles. The lowest BCUT2D eigenvalue weighted by atomic mass is 10.0. The first-order valence-corrected chi connectivity index (χ1v) is 24.3. The lowest BCUT2D eigenvalue weighted by Gasteiger charge is -2.28. The molecule has 0 saturated heterocycles. The molecule has 0 amide bonds. The van der Waals surface area contributed by atoms with E-state index in [-0.39, 0.29) is 26.1 Å². The van der Waals surface area contributed by atoms with E-state index < -0.39 is 32.5 Å². The smallest absolute Gasteiger partial charge is 0.306 e. The Morgan fingerprint density at radius 1 is 0.542 bits per heavy atom. The maximum Gasteiger partial charge on any atom is 0.306 e. The second-order valence-electron chi connectivity index (χ2n) is 16.0. The number of carbonyl (C=O) groups is 2. The molecule has 0 N–H and O–H groups in total. The molecule has 0 aromatic rings. The summed E-state index contributed by atoms with van der Waals surface area (Å²) in [6.07, 6.45) is 51.9. The van der Waals surface area contributed by atoms with Gasteiger partial charge in [-0.15, -0.1) is 0 Å². The molecule has 338 valence electrons. The van der Waals surface area contributed by atoms with E-state index in [0.717, 1.165) is 64.2 Å². The number of likely N-dealkylation sites (N-methyl/N-ethyl adjacent to an activating group) is 1. The molecule has 0 fully saturated rings. The molecular weight excluding hydrogens is 762 g/mol. The van der Waals surface area contributed by atoms with Crippen LogP contribution >= 0.6 is 7.82 Å². The number of hydrogen-bond acceptors (Lipinski definition) is 8. The minimum atomic E-state index is -4.64. The van der Waals surface area contributed by atoms with Gasteiger partial charge >= 0.3 is 11.9 Å². The van der Waals surface area contributed by atoms with Gasteiger partial charge in [-0.25, -0.2) is 0 Å². The third-order valence-electron chi connectivity index (χ3n) is 9.18. The number of phosphoric ester groups is 1. The zero-order valence-corrected chi connectivity index (χ0v) is 38.8. The Hall–Kier alpha value is -2.81. The number of rotatable bonds is 40. The predicted molar refractivity (Wildman–Crippen MR) is 245 cm³/mol. The highest BCUT2D eigenvalue weighted by Crippen LogP contribution is 2.38. The molecule has 59 heavy (non-hydrogen) atoms. The standard InChI is InChI=1S/C49H84NO8P/c1-6-8-10-12-14-16-18-20-21-22-23-24-25-26-27-28-29-30-32-34-36-38-40-42-49(52)58-47(46-57-59(53,54)56-44-43-50(3,4)5)45-55-48(51)41-39-37-35-33-31-19-17-15-13-11-9-7-2/h8,10,14,16,20-21,23-24,26-27,29-30,34,36,47H,6-7,9,11-13,15,17-19,22,25,28,31-33,35,37-46H2,1-5H3/b10-8-,16-14-,21-20-,24-23-,27-26-,30-29-,36-34-. The molecule has 0 bridgehead atoms. The largest absolute Gasteiger partial charge is 0.756 e. The van der Waals surface area contributed by atoms with Crippen LogP contribution in [-0.2, 0) is 32.7 Å². The fourth-order valence-corrected chi connectivity index (χ4v) is 6.37. The number of phosphoric acid groups is 1. The molecule has 10 heteroatoms. The van der Waals surface area contributed by atoms with Crippen LogP contribution in [0.25, 0.3) is 0 Å². The second kappa shape index (κ2) is 40.6. The average Bonchev–Trinajstić information content (AvgIpc) is 3.19. The fraction of sp³-hybridized carbons (Fsp3) is 0.673. The Balaban J connectivity index is 4.45. The lowest BCUT2D eigenvalue weighted by molar-refractivity contribution is -0.870. The summed E-state index contributed by atoms with van der Waals surface area (Å²) >= 11 is 0. The fourth-order valence-electron chi connectivity index (χ4n) is 5.64. The molecule has 0 aliphatic carbocycles. The molecular formula is C49H84NO8P. The molecule has 0 aromatic carbocycles. The lowest BCUT2D eigenvalue weighted by Crippen LogP contribution is -2.37. The van der Waals surface area contributed by atoms with Crippen molar-refractivity contribution >= 4 is 19.8 Å². The van der Waals surface area contributed by atoms with Gasteiger partial charge in [0.05, 0.1) is 27.7 Å². The molecule has 0 rings (SSSR count). The first-order chi connectivity index (χ1) is 28.5. The Morgan fingerprint density at radius 3 is 1.42 bits per heavy atom. The molecule has 0 radical (unpaired) electrons. The van der Waals surface area contributed by atoms with Crippen molar-refractivity contribution in [1.29, 1.82) is 0 Å². The van der Waals surface area contributed by atoms with Gasteiger partial charge in [0, 0.05) is 12.8 Å². The van der Waals surface area contributed by atoms with Crippen LogP contribution in [0.15, 0.2) is 85.1 Å². The molecule has 2 unspecified atom stereocenters. The van der Waals surface area contributed by atoms with E-state index in [1.165, 1.54) is 57.8 Å². The maximum atomic E-state index is 12.7. The van der Waals surface area contributed by atoms with Crippen LogP contribution in [0.5, 0.6) is 0 Å². The van der Waals surface area contributed by atoms with Crippen molar-refractivity contribution in [3.05, 3.63) is 85.1 Å². The molecule has 0 aliphatic heterocycles. The maximum absolute atomic E-state index is 12.7. The van der Waals surface area contributed by atoms with Crippen molar-refractivity contribution in [3.63, 3.8) is 0 Å². The molecule has 0 heterocycles. The van der Waals surface area contributed by atoms with E-state index in [1.54, 1.807) is 0 Å². The van der Waals surface area contributed by atoms with Crippen LogP contribution in [0.3, 0.4) is 0 Å². The van der Waals surface area contributed by atoms with E-state index in [2.05, 4.69) is 92.8 Å². The summed E-state index contributed by atoms with van der Waals surface area (Å²) in [5.74, 6) is -0.910. The van der Waals surface area contributed by atoms with Gasteiger partial charge in [-0.1, -0.05) is 170 Å². The summed E-state index contributed by atoms with van der Waals surface area (Å²) in [6, 6.07) is 0. The van der Waals surface area contributed by atoms with E-state index in [1.807, 2.05) is 27.2 Å². The number of allylic oxidation sites excluding steroid dienone is 14. The number of nitrogens with zero attached hydrogens (tertiary/aromatic N) is 1. The first-order valence-electron chi connectivity index (χ1n) is 22.8. The topological polar surface area (TPSA) is 111 Å². The number of quaternary nitrogens is 1. The number of unbranched alkanes of at least 4 members (excludes halogenated alkanes) is 12. The summed E-state index contributed by atoms with van der Waals surface area (Å²) in [6.45, 7) is 4.02. The Kier molecular flexibility index (Phi) is 38.7. The van der Waals surface area contributed by atoms with Crippen molar-refractivity contribution in [2.45, 2.75) is 168 Å². The number of esters is 2. The Labute approximate surface area is 361 Å². The SMILES string of the molecule is CC/C=C\C/C=C\C/C=C\C/C=C\C/C=C\C/C=C\C/C=C\CCCC(=O)OC(COC(=O)CCCCCCCCCCCCCC)COP(=O)([O-])OCC[N+](C)(C)C. The van der Waals surface area contributed by atoms with Gasteiger partial charge in [0.25, 0.3) is 7.82 Å². The van der Waals surface area contributed by atoms with Crippen LogP contribution in [0, 0.1) is 0 Å². The van der Waals surface area contributed by atoms with Crippen molar-refractivity contribution in [1.82, 2.24) is 0 Å². The average molecular weight is 846 g/mol. The summed E-state index contributed by atoms with van der Waals surface area (Å²) < 4.78 is 33.8. The van der Waals surface area contributed by atoms with Gasteiger partial charge in [-0.05, 0) is 64.2 Å². The van der Waals surface area contributed by atoms with Gasteiger partial charge in [-0.2, -0.15) is 0 Å². The van der Waals surface area contributed by atoms with Gasteiger partial charge in [-0.3, -0.25) is 14.2 Å². The normalized spacial score (nSPS) is 14.3. The number of ether oxygens (including phenoxy) is 2. The highest BCUT2D eigenvalue weighted by molar-refractivity contribution is 7.45. The zero-order valence-electron chi connectivity index (χ0n) is 37.9.